The van der Waals surface area contributed by atoms with Gasteiger partial charge in [-0.05, 0) is 42.8 Å². The highest BCUT2D eigenvalue weighted by Crippen LogP contribution is 2.29. The maximum Gasteiger partial charge on any atom is 0.234 e. The van der Waals surface area contributed by atoms with Gasteiger partial charge >= 0.3 is 0 Å². The molecule has 0 fully saturated rings. The molecule has 152 valence electrons. The number of anilines is 1. The van der Waals surface area contributed by atoms with Crippen LogP contribution in [-0.2, 0) is 16.4 Å². The van der Waals surface area contributed by atoms with Crippen LogP contribution in [0.5, 0.6) is 0 Å². The zero-order valence-electron chi connectivity index (χ0n) is 16.3. The van der Waals surface area contributed by atoms with Crippen LogP contribution in [-0.4, -0.2) is 13.4 Å². The largest absolute Gasteiger partial charge is 0.467 e. The van der Waals surface area contributed by atoms with E-state index in [9.17, 15) is 8.42 Å². The van der Waals surface area contributed by atoms with Gasteiger partial charge in [0.15, 0.2) is 0 Å². The lowest BCUT2D eigenvalue weighted by Crippen LogP contribution is -2.07. The Labute approximate surface area is 174 Å². The van der Waals surface area contributed by atoms with Gasteiger partial charge in [-0.3, -0.25) is 0 Å². The lowest BCUT2D eigenvalue weighted by molar-refractivity contribution is 0.508. The lowest BCUT2D eigenvalue weighted by Gasteiger charge is -2.05. The zero-order valence-corrected chi connectivity index (χ0v) is 17.1. The van der Waals surface area contributed by atoms with Gasteiger partial charge in [-0.2, -0.15) is 4.98 Å². The quantitative estimate of drug-likeness (QED) is 0.443. The van der Waals surface area contributed by atoms with Crippen molar-refractivity contribution in [3.8, 4) is 0 Å². The van der Waals surface area contributed by atoms with E-state index in [2.05, 4.69) is 10.3 Å². The molecule has 0 aliphatic heterocycles. The van der Waals surface area contributed by atoms with Crippen molar-refractivity contribution in [2.45, 2.75) is 23.4 Å². The van der Waals surface area contributed by atoms with Gasteiger partial charge in [0.2, 0.25) is 26.6 Å². The average Bonchev–Trinajstić information content (AvgIpc) is 3.42. The fraction of sp³-hybridized carbons (Fsp3) is 0.0870. The molecule has 1 N–H and O–H groups in total. The molecule has 0 aliphatic rings. The Kier molecular flexibility index (Phi) is 5.54. The molecule has 30 heavy (non-hydrogen) atoms. The van der Waals surface area contributed by atoms with Crippen LogP contribution in [0.4, 0.5) is 5.88 Å². The fourth-order valence-electron chi connectivity index (χ4n) is 2.83. The van der Waals surface area contributed by atoms with Crippen molar-refractivity contribution in [2.75, 3.05) is 5.32 Å². The molecule has 0 saturated heterocycles. The Bertz CT molecular complexity index is 1240. The summed E-state index contributed by atoms with van der Waals surface area (Å²) in [6.07, 6.45) is 5.00. The van der Waals surface area contributed by atoms with Gasteiger partial charge in [0.25, 0.3) is 0 Å². The van der Waals surface area contributed by atoms with Gasteiger partial charge in [0.1, 0.15) is 5.76 Å². The van der Waals surface area contributed by atoms with E-state index < -0.39 is 9.84 Å². The molecule has 0 saturated carbocycles. The molecule has 0 spiro atoms. The second kappa shape index (κ2) is 8.42. The molecule has 4 aromatic rings. The van der Waals surface area contributed by atoms with Crippen molar-refractivity contribution in [1.82, 2.24) is 4.98 Å². The Morgan fingerprint density at radius 2 is 1.73 bits per heavy atom. The smallest absolute Gasteiger partial charge is 0.234 e. The number of nitrogens with one attached hydrogen (secondary N) is 1. The van der Waals surface area contributed by atoms with Crippen LogP contribution in [0.15, 0.2) is 91.7 Å². The number of benzene rings is 2. The summed E-state index contributed by atoms with van der Waals surface area (Å²) in [5.74, 6) is 0.901. The lowest BCUT2D eigenvalue weighted by atomic mass is 10.2. The van der Waals surface area contributed by atoms with E-state index in [0.717, 1.165) is 11.1 Å². The minimum Gasteiger partial charge on any atom is -0.467 e. The molecular weight excluding hydrogens is 400 g/mol. The van der Waals surface area contributed by atoms with Crippen LogP contribution in [0.2, 0.25) is 0 Å². The van der Waals surface area contributed by atoms with Crippen LogP contribution in [0, 0.1) is 6.92 Å². The summed E-state index contributed by atoms with van der Waals surface area (Å²) < 4.78 is 37.4. The SMILES string of the molecule is Cc1ccc(S(=O)(=O)c2nc(/C=C/c3ccccc3)oc2NCc2ccco2)cc1. The first-order chi connectivity index (χ1) is 14.5. The predicted octanol–water partition coefficient (Wildman–Crippen LogP) is 5.19. The summed E-state index contributed by atoms with van der Waals surface area (Å²) >= 11 is 0. The molecule has 0 amide bonds. The Morgan fingerprint density at radius 1 is 0.967 bits per heavy atom. The van der Waals surface area contributed by atoms with E-state index in [0.29, 0.717) is 5.76 Å². The van der Waals surface area contributed by atoms with Gasteiger partial charge in [-0.25, -0.2) is 8.42 Å². The first-order valence-corrected chi connectivity index (χ1v) is 10.8. The van der Waals surface area contributed by atoms with Gasteiger partial charge < -0.3 is 14.2 Å². The summed E-state index contributed by atoms with van der Waals surface area (Å²) in [4.78, 5) is 4.41. The Morgan fingerprint density at radius 3 is 2.43 bits per heavy atom. The second-order valence-electron chi connectivity index (χ2n) is 6.68. The number of rotatable bonds is 7. The Hall–Kier alpha value is -3.58. The monoisotopic (exact) mass is 420 g/mol. The number of sulfone groups is 1. The van der Waals surface area contributed by atoms with Crippen LogP contribution in [0.25, 0.3) is 12.2 Å². The number of hydrogen-bond acceptors (Lipinski definition) is 6. The average molecular weight is 420 g/mol. The number of oxazole rings is 1. The Balaban J connectivity index is 1.70. The number of aromatic nitrogens is 1. The first-order valence-electron chi connectivity index (χ1n) is 9.34. The third-order valence-electron chi connectivity index (χ3n) is 4.42. The summed E-state index contributed by atoms with van der Waals surface area (Å²) in [6.45, 7) is 2.16. The van der Waals surface area contributed by atoms with E-state index >= 15 is 0 Å². The highest BCUT2D eigenvalue weighted by molar-refractivity contribution is 7.91. The number of aryl methyl sites for hydroxylation is 1. The summed E-state index contributed by atoms with van der Waals surface area (Å²) in [5.41, 5.74) is 1.92. The molecule has 0 atom stereocenters. The van der Waals surface area contributed by atoms with Crippen molar-refractivity contribution in [2.24, 2.45) is 0 Å². The van der Waals surface area contributed by atoms with E-state index in [4.69, 9.17) is 8.83 Å². The molecule has 0 radical (unpaired) electrons. The van der Waals surface area contributed by atoms with E-state index in [1.807, 2.05) is 43.3 Å². The zero-order chi connectivity index (χ0) is 21.0. The molecule has 7 heteroatoms. The van der Waals surface area contributed by atoms with Crippen molar-refractivity contribution in [3.05, 3.63) is 95.8 Å². The number of hydrogen-bond donors (Lipinski definition) is 1. The van der Waals surface area contributed by atoms with Crippen LogP contribution >= 0.6 is 0 Å². The highest BCUT2D eigenvalue weighted by Gasteiger charge is 2.27. The van der Waals surface area contributed by atoms with Gasteiger partial charge in [0.05, 0.1) is 17.7 Å². The maximum absolute atomic E-state index is 13.2. The highest BCUT2D eigenvalue weighted by atomic mass is 32.2. The maximum atomic E-state index is 13.2. The third-order valence-corrected chi connectivity index (χ3v) is 6.10. The van der Waals surface area contributed by atoms with Crippen molar-refractivity contribution < 1.29 is 17.3 Å². The minimum absolute atomic E-state index is 0.0692. The fourth-order valence-corrected chi connectivity index (χ4v) is 4.11. The van der Waals surface area contributed by atoms with Gasteiger partial charge in [-0.15, -0.1) is 0 Å². The molecule has 0 aliphatic carbocycles. The summed E-state index contributed by atoms with van der Waals surface area (Å²) in [7, 11) is -3.87. The van der Waals surface area contributed by atoms with Crippen molar-refractivity contribution in [1.29, 1.82) is 0 Å². The molecule has 0 unspecified atom stereocenters. The number of nitrogens with zero attached hydrogens (tertiary/aromatic N) is 1. The molecule has 2 heterocycles. The molecule has 2 aromatic carbocycles. The van der Waals surface area contributed by atoms with Gasteiger partial charge in [-0.1, -0.05) is 48.0 Å². The molecule has 6 nitrogen and oxygen atoms in total. The van der Waals surface area contributed by atoms with E-state index in [1.54, 1.807) is 48.7 Å². The standard InChI is InChI=1S/C23H20N2O4S/c1-17-9-12-20(13-10-17)30(26,27)23-22(24-16-19-8-5-15-28-19)29-21(25-23)14-11-18-6-3-2-4-7-18/h2-15,24H,16H2,1H3/b14-11+. The minimum atomic E-state index is -3.87. The van der Waals surface area contributed by atoms with Crippen LogP contribution < -0.4 is 5.32 Å². The number of furan rings is 1. The molecular formula is C23H20N2O4S. The third kappa shape index (κ3) is 4.36. The first kappa shape index (κ1) is 19.7. The topological polar surface area (TPSA) is 85.3 Å². The van der Waals surface area contributed by atoms with Crippen molar-refractivity contribution >= 4 is 27.9 Å². The van der Waals surface area contributed by atoms with Gasteiger partial charge in [0, 0.05) is 6.08 Å². The summed E-state index contributed by atoms with van der Waals surface area (Å²) in [6, 6.07) is 19.8. The van der Waals surface area contributed by atoms with Crippen LogP contribution in [0.3, 0.4) is 0 Å². The van der Waals surface area contributed by atoms with E-state index in [-0.39, 0.29) is 28.2 Å². The molecule has 4 rings (SSSR count). The van der Waals surface area contributed by atoms with E-state index in [1.165, 1.54) is 0 Å². The summed E-state index contributed by atoms with van der Waals surface area (Å²) in [5, 5.41) is 2.82. The second-order valence-corrected chi connectivity index (χ2v) is 8.54. The predicted molar refractivity (Wildman–Crippen MR) is 115 cm³/mol. The normalized spacial score (nSPS) is 11.8. The molecule has 0 bridgehead atoms. The molecule has 2 aromatic heterocycles. The van der Waals surface area contributed by atoms with Crippen molar-refractivity contribution in [3.63, 3.8) is 0 Å². The van der Waals surface area contributed by atoms with Crippen LogP contribution in [0.1, 0.15) is 22.8 Å².